The molecule has 1 fully saturated rings. The maximum atomic E-state index is 11.6. The molecule has 0 radical (unpaired) electrons. The van der Waals surface area contributed by atoms with Gasteiger partial charge in [0.15, 0.2) is 5.78 Å². The van der Waals surface area contributed by atoms with Crippen molar-refractivity contribution in [3.63, 3.8) is 0 Å². The molecule has 1 aliphatic rings. The van der Waals surface area contributed by atoms with Crippen LogP contribution in [0.3, 0.4) is 0 Å². The second-order valence-electron chi connectivity index (χ2n) is 4.28. The Balaban J connectivity index is 2.41. The number of Topliss-reactive ketones (excluding diaryl/α,β-unsaturated/α-hetero) is 2. The normalized spacial score (nSPS) is 19.1. The maximum absolute atomic E-state index is 11.6. The Morgan fingerprint density at radius 3 is 2.19 bits per heavy atom. The molecule has 0 saturated heterocycles. The van der Waals surface area contributed by atoms with Gasteiger partial charge in [0.2, 0.25) is 0 Å². The average molecular weight is 214 g/mol. The van der Waals surface area contributed by atoms with Gasteiger partial charge >= 0.3 is 0 Å². The zero-order valence-corrected chi connectivity index (χ0v) is 9.54. The van der Waals surface area contributed by atoms with Crippen LogP contribution in [0.25, 0.3) is 5.57 Å². The lowest BCUT2D eigenvalue weighted by atomic mass is 9.99. The lowest BCUT2D eigenvalue weighted by Gasteiger charge is -2.05. The van der Waals surface area contributed by atoms with E-state index in [2.05, 4.69) is 0 Å². The van der Waals surface area contributed by atoms with Crippen LogP contribution in [-0.4, -0.2) is 11.6 Å². The lowest BCUT2D eigenvalue weighted by Crippen LogP contribution is -1.95. The van der Waals surface area contributed by atoms with Gasteiger partial charge in [0.1, 0.15) is 5.78 Å². The Morgan fingerprint density at radius 1 is 1.06 bits per heavy atom. The molecule has 2 rings (SSSR count). The molecule has 0 spiro atoms. The molecule has 1 aromatic rings. The van der Waals surface area contributed by atoms with Gasteiger partial charge < -0.3 is 0 Å². The molecule has 82 valence electrons. The van der Waals surface area contributed by atoms with Crippen molar-refractivity contribution in [2.75, 3.05) is 0 Å². The van der Waals surface area contributed by atoms with E-state index in [4.69, 9.17) is 0 Å². The minimum atomic E-state index is -0.0110. The summed E-state index contributed by atoms with van der Waals surface area (Å²) in [6.45, 7) is 3.94. The van der Waals surface area contributed by atoms with Gasteiger partial charge in [-0.2, -0.15) is 0 Å². The van der Waals surface area contributed by atoms with E-state index >= 15 is 0 Å². The van der Waals surface area contributed by atoms with Crippen molar-refractivity contribution in [2.24, 2.45) is 0 Å². The van der Waals surface area contributed by atoms with E-state index in [1.807, 2.05) is 38.1 Å². The highest BCUT2D eigenvalue weighted by Crippen LogP contribution is 2.27. The van der Waals surface area contributed by atoms with Gasteiger partial charge in [-0.05, 0) is 25.0 Å². The van der Waals surface area contributed by atoms with Gasteiger partial charge in [-0.1, -0.05) is 29.8 Å². The van der Waals surface area contributed by atoms with Crippen molar-refractivity contribution in [2.45, 2.75) is 26.7 Å². The highest BCUT2D eigenvalue weighted by atomic mass is 16.2. The average Bonchev–Trinajstić information content (AvgIpc) is 2.58. The highest BCUT2D eigenvalue weighted by Gasteiger charge is 2.26. The van der Waals surface area contributed by atoms with E-state index in [1.165, 1.54) is 5.56 Å². The first-order valence-electron chi connectivity index (χ1n) is 5.39. The fourth-order valence-corrected chi connectivity index (χ4v) is 1.96. The number of ketones is 2. The van der Waals surface area contributed by atoms with Crippen LogP contribution in [0.1, 0.15) is 30.9 Å². The van der Waals surface area contributed by atoms with Gasteiger partial charge in [-0.25, -0.2) is 0 Å². The van der Waals surface area contributed by atoms with Crippen molar-refractivity contribution in [1.29, 1.82) is 0 Å². The first kappa shape index (κ1) is 10.8. The number of benzene rings is 1. The molecule has 0 N–H and O–H groups in total. The monoisotopic (exact) mass is 214 g/mol. The Hall–Kier alpha value is -1.70. The third-order valence-electron chi connectivity index (χ3n) is 3.01. The Morgan fingerprint density at radius 2 is 1.69 bits per heavy atom. The van der Waals surface area contributed by atoms with E-state index < -0.39 is 0 Å². The van der Waals surface area contributed by atoms with E-state index in [0.717, 1.165) is 11.1 Å². The number of carbonyl (C=O) groups is 2. The fraction of sp³-hybridized carbons (Fsp3) is 0.286. The van der Waals surface area contributed by atoms with Crippen LogP contribution in [0.4, 0.5) is 0 Å². The van der Waals surface area contributed by atoms with Crippen LogP contribution >= 0.6 is 0 Å². The third-order valence-corrected chi connectivity index (χ3v) is 3.01. The molecule has 2 heteroatoms. The number of rotatable bonds is 1. The summed E-state index contributed by atoms with van der Waals surface area (Å²) in [7, 11) is 0. The van der Waals surface area contributed by atoms with Crippen molar-refractivity contribution in [3.05, 3.63) is 41.0 Å². The van der Waals surface area contributed by atoms with E-state index in [9.17, 15) is 9.59 Å². The zero-order valence-electron chi connectivity index (χ0n) is 9.54. The van der Waals surface area contributed by atoms with Crippen molar-refractivity contribution in [3.8, 4) is 0 Å². The molecule has 1 aliphatic carbocycles. The molecule has 0 aliphatic heterocycles. The van der Waals surface area contributed by atoms with Gasteiger partial charge in [-0.15, -0.1) is 0 Å². The first-order chi connectivity index (χ1) is 7.58. The topological polar surface area (TPSA) is 34.1 Å². The van der Waals surface area contributed by atoms with E-state index in [0.29, 0.717) is 12.0 Å². The minimum Gasteiger partial charge on any atom is -0.299 e. The number of carbonyl (C=O) groups excluding carboxylic acids is 2. The lowest BCUT2D eigenvalue weighted by molar-refractivity contribution is -0.121. The molecule has 16 heavy (non-hydrogen) atoms. The van der Waals surface area contributed by atoms with Crippen LogP contribution in [0.2, 0.25) is 0 Å². The Bertz CT molecular complexity index is 478. The molecule has 0 unspecified atom stereocenters. The predicted octanol–water partition coefficient (Wildman–Crippen LogP) is 2.70. The molecule has 0 aromatic heterocycles. The summed E-state index contributed by atoms with van der Waals surface area (Å²) in [5.74, 6) is 0.0227. The Labute approximate surface area is 95.0 Å². The molecule has 0 atom stereocenters. The molecule has 1 saturated carbocycles. The molecular formula is C14H14O2. The van der Waals surface area contributed by atoms with Crippen LogP contribution in [-0.2, 0) is 9.59 Å². The predicted molar refractivity (Wildman–Crippen MR) is 63.0 cm³/mol. The second kappa shape index (κ2) is 4.05. The third kappa shape index (κ3) is 1.96. The summed E-state index contributed by atoms with van der Waals surface area (Å²) in [4.78, 5) is 22.8. The molecular weight excluding hydrogens is 200 g/mol. The van der Waals surface area contributed by atoms with Gasteiger partial charge in [0.05, 0.1) is 6.42 Å². The first-order valence-corrected chi connectivity index (χ1v) is 5.39. The van der Waals surface area contributed by atoms with Crippen molar-refractivity contribution >= 4 is 17.1 Å². The minimum absolute atomic E-state index is 0.0110. The van der Waals surface area contributed by atoms with Crippen molar-refractivity contribution < 1.29 is 9.59 Å². The van der Waals surface area contributed by atoms with Crippen LogP contribution in [0.15, 0.2) is 29.8 Å². The van der Waals surface area contributed by atoms with E-state index in [1.54, 1.807) is 0 Å². The molecule has 0 heterocycles. The largest absolute Gasteiger partial charge is 0.299 e. The molecule has 2 nitrogen and oxygen atoms in total. The number of allylic oxidation sites excluding steroid dienone is 2. The highest BCUT2D eigenvalue weighted by molar-refractivity contribution is 6.19. The van der Waals surface area contributed by atoms with Gasteiger partial charge in [-0.3, -0.25) is 9.59 Å². The van der Waals surface area contributed by atoms with Gasteiger partial charge in [0.25, 0.3) is 0 Å². The summed E-state index contributed by atoms with van der Waals surface area (Å²) in [6.07, 6.45) is 0.386. The summed E-state index contributed by atoms with van der Waals surface area (Å²) in [5.41, 5.74) is 3.85. The standard InChI is InChI=1S/C14H14O2/c1-9-3-5-11(6-4-9)10(2)13-7-12(15)8-14(13)16/h3-6H,7-8H2,1-2H3/b13-10+. The smallest absolute Gasteiger partial charge is 0.166 e. The SMILES string of the molecule is C/C(=C1/CC(=O)CC1=O)c1ccc(C)cc1. The van der Waals surface area contributed by atoms with Crippen LogP contribution < -0.4 is 0 Å². The number of hydrogen-bond acceptors (Lipinski definition) is 2. The summed E-state index contributed by atoms with van der Waals surface area (Å²) in [5, 5.41) is 0. The number of aryl methyl sites for hydroxylation is 1. The fourth-order valence-electron chi connectivity index (χ4n) is 1.96. The second-order valence-corrected chi connectivity index (χ2v) is 4.28. The Kier molecular flexibility index (Phi) is 2.73. The van der Waals surface area contributed by atoms with Crippen molar-refractivity contribution in [1.82, 2.24) is 0 Å². The number of hydrogen-bond donors (Lipinski definition) is 0. The summed E-state index contributed by atoms with van der Waals surface area (Å²) < 4.78 is 0. The molecule has 1 aromatic carbocycles. The van der Waals surface area contributed by atoms with E-state index in [-0.39, 0.29) is 18.0 Å². The molecule has 0 bridgehead atoms. The van der Waals surface area contributed by atoms with Crippen LogP contribution in [0, 0.1) is 6.92 Å². The summed E-state index contributed by atoms with van der Waals surface area (Å²) in [6, 6.07) is 8.02. The summed E-state index contributed by atoms with van der Waals surface area (Å²) >= 11 is 0. The zero-order chi connectivity index (χ0) is 11.7. The quantitative estimate of drug-likeness (QED) is 0.532. The maximum Gasteiger partial charge on any atom is 0.166 e. The molecule has 0 amide bonds. The van der Waals surface area contributed by atoms with Crippen LogP contribution in [0.5, 0.6) is 0 Å². The van der Waals surface area contributed by atoms with Gasteiger partial charge in [0, 0.05) is 12.0 Å².